The molecule has 0 spiro atoms. The van der Waals surface area contributed by atoms with Gasteiger partial charge in [0.25, 0.3) is 11.6 Å². The summed E-state index contributed by atoms with van der Waals surface area (Å²) < 4.78 is 5.70. The Morgan fingerprint density at radius 2 is 2.03 bits per heavy atom. The van der Waals surface area contributed by atoms with E-state index < -0.39 is 10.8 Å². The average molecular weight is 421 g/mol. The number of aromatic amines is 1. The summed E-state index contributed by atoms with van der Waals surface area (Å²) >= 11 is 0. The van der Waals surface area contributed by atoms with Gasteiger partial charge >= 0.3 is 0 Å². The van der Waals surface area contributed by atoms with E-state index in [9.17, 15) is 14.9 Å². The van der Waals surface area contributed by atoms with Gasteiger partial charge in [0, 0.05) is 23.3 Å². The van der Waals surface area contributed by atoms with Crippen LogP contribution in [0.2, 0.25) is 0 Å². The predicted molar refractivity (Wildman–Crippen MR) is 117 cm³/mol. The molecular formula is C22H23N5O4. The number of aromatic nitrogens is 2. The Morgan fingerprint density at radius 1 is 1.23 bits per heavy atom. The normalized spacial score (nSPS) is 10.9. The number of H-pyrrole nitrogens is 1. The number of non-ortho nitro benzene ring substituents is 1. The lowest BCUT2D eigenvalue weighted by atomic mass is 10.1. The summed E-state index contributed by atoms with van der Waals surface area (Å²) in [6.45, 7) is 2.84. The highest BCUT2D eigenvalue weighted by Crippen LogP contribution is 2.21. The van der Waals surface area contributed by atoms with E-state index in [0.29, 0.717) is 17.9 Å². The van der Waals surface area contributed by atoms with Crippen LogP contribution in [0.1, 0.15) is 42.2 Å². The summed E-state index contributed by atoms with van der Waals surface area (Å²) in [7, 11) is 0. The summed E-state index contributed by atoms with van der Waals surface area (Å²) in [5, 5.41) is 21.5. The molecule has 0 aliphatic heterocycles. The van der Waals surface area contributed by atoms with E-state index in [4.69, 9.17) is 4.74 Å². The van der Waals surface area contributed by atoms with Crippen molar-refractivity contribution in [3.05, 3.63) is 76.0 Å². The van der Waals surface area contributed by atoms with Crippen LogP contribution in [-0.4, -0.2) is 33.8 Å². The first kappa shape index (κ1) is 21.7. The highest BCUT2D eigenvalue weighted by Gasteiger charge is 2.11. The van der Waals surface area contributed by atoms with E-state index in [-0.39, 0.29) is 11.4 Å². The van der Waals surface area contributed by atoms with Crippen molar-refractivity contribution in [1.29, 1.82) is 0 Å². The Kier molecular flexibility index (Phi) is 7.47. The molecule has 1 amide bonds. The van der Waals surface area contributed by atoms with Crippen LogP contribution in [0.5, 0.6) is 5.75 Å². The van der Waals surface area contributed by atoms with Gasteiger partial charge in [0.15, 0.2) is 0 Å². The molecule has 0 fully saturated rings. The highest BCUT2D eigenvalue weighted by molar-refractivity contribution is 5.94. The minimum Gasteiger partial charge on any atom is -0.494 e. The molecule has 1 heterocycles. The molecule has 0 saturated carbocycles. The molecule has 3 rings (SSSR count). The van der Waals surface area contributed by atoms with E-state index in [1.165, 1.54) is 18.3 Å². The second-order valence-electron chi connectivity index (χ2n) is 6.80. The zero-order valence-corrected chi connectivity index (χ0v) is 17.1. The second kappa shape index (κ2) is 10.7. The zero-order valence-electron chi connectivity index (χ0n) is 17.1. The van der Waals surface area contributed by atoms with Crippen LogP contribution in [0.25, 0.3) is 11.3 Å². The van der Waals surface area contributed by atoms with Crippen molar-refractivity contribution in [2.75, 3.05) is 6.61 Å². The topological polar surface area (TPSA) is 123 Å². The number of carbonyl (C=O) groups excluding carboxylic acids is 1. The van der Waals surface area contributed by atoms with Gasteiger partial charge in [-0.05, 0) is 36.8 Å². The number of hydrogen-bond acceptors (Lipinski definition) is 6. The second-order valence-corrected chi connectivity index (χ2v) is 6.80. The van der Waals surface area contributed by atoms with Gasteiger partial charge in [-0.2, -0.15) is 10.2 Å². The predicted octanol–water partition coefficient (Wildman–Crippen LogP) is 4.32. The minimum atomic E-state index is -0.493. The number of hydrazone groups is 1. The first-order valence-corrected chi connectivity index (χ1v) is 9.93. The quantitative estimate of drug-likeness (QED) is 0.218. The molecule has 2 aromatic carbocycles. The Morgan fingerprint density at radius 3 is 2.77 bits per heavy atom. The number of carbonyl (C=O) groups is 1. The number of unbranched alkanes of at least 4 members (excludes halogenated alkanes) is 2. The van der Waals surface area contributed by atoms with Crippen molar-refractivity contribution in [1.82, 2.24) is 15.6 Å². The molecule has 0 aliphatic rings. The smallest absolute Gasteiger partial charge is 0.289 e. The maximum absolute atomic E-state index is 12.3. The number of nitro benzene ring substituents is 1. The number of hydrogen-bond donors (Lipinski definition) is 2. The third-order valence-electron chi connectivity index (χ3n) is 4.45. The molecule has 160 valence electrons. The first-order chi connectivity index (χ1) is 15.1. The molecule has 3 aromatic rings. The third-order valence-corrected chi connectivity index (χ3v) is 4.45. The molecule has 9 heteroatoms. The zero-order chi connectivity index (χ0) is 22.1. The number of nitrogens with one attached hydrogen (secondary N) is 2. The van der Waals surface area contributed by atoms with Gasteiger partial charge < -0.3 is 4.74 Å². The van der Waals surface area contributed by atoms with Gasteiger partial charge in [-0.15, -0.1) is 0 Å². The van der Waals surface area contributed by atoms with E-state index in [2.05, 4.69) is 27.6 Å². The van der Waals surface area contributed by atoms with Gasteiger partial charge in [0.1, 0.15) is 11.4 Å². The number of nitrogens with zero attached hydrogens (tertiary/aromatic N) is 3. The van der Waals surface area contributed by atoms with Crippen molar-refractivity contribution < 1.29 is 14.5 Å². The van der Waals surface area contributed by atoms with Crippen molar-refractivity contribution in [2.45, 2.75) is 26.2 Å². The van der Waals surface area contributed by atoms with Gasteiger partial charge in [0.2, 0.25) is 0 Å². The van der Waals surface area contributed by atoms with Crippen LogP contribution in [0.4, 0.5) is 5.69 Å². The Labute approximate surface area is 179 Å². The number of benzene rings is 2. The van der Waals surface area contributed by atoms with Crippen LogP contribution in [0, 0.1) is 10.1 Å². The Balaban J connectivity index is 1.57. The van der Waals surface area contributed by atoms with Crippen LogP contribution in [-0.2, 0) is 0 Å². The fourth-order valence-electron chi connectivity index (χ4n) is 2.79. The summed E-state index contributed by atoms with van der Waals surface area (Å²) in [4.78, 5) is 22.6. The Bertz CT molecular complexity index is 1060. The van der Waals surface area contributed by atoms with Crippen LogP contribution < -0.4 is 10.2 Å². The number of amides is 1. The Hall–Kier alpha value is -4.01. The summed E-state index contributed by atoms with van der Waals surface area (Å²) in [5.74, 6) is 0.320. The van der Waals surface area contributed by atoms with Gasteiger partial charge in [0.05, 0.1) is 23.4 Å². The third kappa shape index (κ3) is 6.23. The van der Waals surface area contributed by atoms with Crippen molar-refractivity contribution in [3.63, 3.8) is 0 Å². The van der Waals surface area contributed by atoms with E-state index in [1.54, 1.807) is 18.2 Å². The molecule has 1 aromatic heterocycles. The highest BCUT2D eigenvalue weighted by atomic mass is 16.6. The molecular weight excluding hydrogens is 398 g/mol. The molecule has 0 bridgehead atoms. The molecule has 0 saturated heterocycles. The van der Waals surface area contributed by atoms with Crippen LogP contribution in [0.3, 0.4) is 0 Å². The van der Waals surface area contributed by atoms with Crippen molar-refractivity contribution in [3.8, 4) is 17.0 Å². The van der Waals surface area contributed by atoms with Gasteiger partial charge in [-0.1, -0.05) is 31.9 Å². The number of ether oxygens (including phenoxy) is 1. The summed E-state index contributed by atoms with van der Waals surface area (Å²) in [5.41, 5.74) is 4.52. The molecule has 31 heavy (non-hydrogen) atoms. The monoisotopic (exact) mass is 421 g/mol. The molecule has 2 N–H and O–H groups in total. The molecule has 9 nitrogen and oxygen atoms in total. The summed E-state index contributed by atoms with van der Waals surface area (Å²) in [6, 6.07) is 15.1. The largest absolute Gasteiger partial charge is 0.494 e. The van der Waals surface area contributed by atoms with Gasteiger partial charge in [-0.3, -0.25) is 20.0 Å². The first-order valence-electron chi connectivity index (χ1n) is 9.93. The lowest BCUT2D eigenvalue weighted by Crippen LogP contribution is -2.18. The van der Waals surface area contributed by atoms with E-state index >= 15 is 0 Å². The molecule has 0 atom stereocenters. The van der Waals surface area contributed by atoms with Crippen molar-refractivity contribution in [2.24, 2.45) is 5.10 Å². The average Bonchev–Trinajstić information content (AvgIpc) is 3.28. The molecule has 0 unspecified atom stereocenters. The standard InChI is InChI=1S/C22H23N5O4/c1-2-3-4-12-31-19-10-8-17(9-11-19)20-14-21(25-24-20)22(28)26-23-15-16-6-5-7-18(13-16)27(29)30/h5-11,13-15H,2-4,12H2,1H3,(H,24,25)(H,26,28)/b23-15+. The maximum atomic E-state index is 12.3. The van der Waals surface area contributed by atoms with Crippen LogP contribution in [0.15, 0.2) is 59.7 Å². The number of nitro groups is 1. The fourth-order valence-corrected chi connectivity index (χ4v) is 2.79. The van der Waals surface area contributed by atoms with Crippen LogP contribution >= 0.6 is 0 Å². The lowest BCUT2D eigenvalue weighted by Gasteiger charge is -2.06. The van der Waals surface area contributed by atoms with E-state index in [0.717, 1.165) is 30.6 Å². The van der Waals surface area contributed by atoms with E-state index in [1.807, 2.05) is 24.3 Å². The summed E-state index contributed by atoms with van der Waals surface area (Å²) in [6.07, 6.45) is 4.66. The van der Waals surface area contributed by atoms with Crippen molar-refractivity contribution >= 4 is 17.8 Å². The van der Waals surface area contributed by atoms with Gasteiger partial charge in [-0.25, -0.2) is 5.43 Å². The molecule has 0 radical (unpaired) electrons. The fraction of sp³-hybridized carbons (Fsp3) is 0.227. The lowest BCUT2D eigenvalue weighted by molar-refractivity contribution is -0.384. The number of rotatable bonds is 10. The SMILES string of the molecule is CCCCCOc1ccc(-c2cc(C(=O)N/N=C/c3cccc([N+](=O)[O-])c3)[nH]n2)cc1. The maximum Gasteiger partial charge on any atom is 0.289 e. The molecule has 0 aliphatic carbocycles. The minimum absolute atomic E-state index is 0.0501.